The molecule has 23 heavy (non-hydrogen) atoms. The maximum Gasteiger partial charge on any atom is 0.322 e. The number of amides is 2. The Hall–Kier alpha value is -1.85. The van der Waals surface area contributed by atoms with Crippen molar-refractivity contribution in [2.24, 2.45) is 0 Å². The fourth-order valence-electron chi connectivity index (χ4n) is 2.63. The van der Waals surface area contributed by atoms with E-state index in [0.717, 1.165) is 21.9 Å². The molecule has 1 atom stereocenters. The Balaban J connectivity index is 1.67. The molecule has 0 saturated heterocycles. The Morgan fingerprint density at radius 1 is 1.17 bits per heavy atom. The van der Waals surface area contributed by atoms with Crippen LogP contribution in [-0.4, -0.2) is 27.9 Å². The van der Waals surface area contributed by atoms with E-state index in [9.17, 15) is 9.00 Å². The molecule has 0 aliphatic carbocycles. The highest BCUT2D eigenvalue weighted by atomic mass is 35.5. The van der Waals surface area contributed by atoms with Gasteiger partial charge in [0.2, 0.25) is 0 Å². The third-order valence-corrected chi connectivity index (χ3v) is 5.08. The summed E-state index contributed by atoms with van der Waals surface area (Å²) in [6, 6.07) is 12.7. The number of fused-ring (bicyclic) bond motifs is 1. The highest BCUT2D eigenvalue weighted by molar-refractivity contribution is 7.84. The predicted molar refractivity (Wildman–Crippen MR) is 93.4 cm³/mol. The summed E-state index contributed by atoms with van der Waals surface area (Å²) in [4.78, 5) is 14.9. The highest BCUT2D eigenvalue weighted by Crippen LogP contribution is 2.23. The average Bonchev–Trinajstić information content (AvgIpc) is 2.54. The van der Waals surface area contributed by atoms with Gasteiger partial charge in [-0.3, -0.25) is 4.21 Å². The first kappa shape index (κ1) is 16.0. The van der Waals surface area contributed by atoms with Gasteiger partial charge in [-0.25, -0.2) is 4.79 Å². The molecule has 1 aliphatic heterocycles. The first-order valence-electron chi connectivity index (χ1n) is 7.29. The largest absolute Gasteiger partial charge is 0.322 e. The standard InChI is InChI=1S/C17H17ClN2O2S/c1-23(22)16-6-4-15(5-7-16)19-17(21)20-9-8-12-10-14(18)3-2-13(12)11-20/h2-7,10H,8-9,11H2,1H3,(H,19,21)/t23-/m0/s1. The van der Waals surface area contributed by atoms with Gasteiger partial charge in [-0.2, -0.15) is 0 Å². The lowest BCUT2D eigenvalue weighted by atomic mass is 10.0. The Morgan fingerprint density at radius 3 is 2.61 bits per heavy atom. The lowest BCUT2D eigenvalue weighted by Crippen LogP contribution is -2.38. The summed E-state index contributed by atoms with van der Waals surface area (Å²) in [5.41, 5.74) is 3.04. The van der Waals surface area contributed by atoms with Crippen LogP contribution in [0.1, 0.15) is 11.1 Å². The molecular formula is C17H17ClN2O2S. The quantitative estimate of drug-likeness (QED) is 0.900. The monoisotopic (exact) mass is 348 g/mol. The van der Waals surface area contributed by atoms with Crippen LogP contribution in [0.15, 0.2) is 47.4 Å². The van der Waals surface area contributed by atoms with Gasteiger partial charge in [-0.15, -0.1) is 0 Å². The molecule has 1 N–H and O–H groups in total. The molecule has 0 unspecified atom stereocenters. The first-order valence-corrected chi connectivity index (χ1v) is 9.23. The number of carbonyl (C=O) groups is 1. The zero-order chi connectivity index (χ0) is 16.4. The van der Waals surface area contributed by atoms with Crippen molar-refractivity contribution in [3.8, 4) is 0 Å². The predicted octanol–water partition coefficient (Wildman–Crippen LogP) is 3.67. The SMILES string of the molecule is C[S@](=O)c1ccc(NC(=O)N2CCc3cc(Cl)ccc3C2)cc1. The Bertz CT molecular complexity index is 762. The summed E-state index contributed by atoms with van der Waals surface area (Å²) in [5, 5.41) is 3.61. The van der Waals surface area contributed by atoms with Crippen molar-refractivity contribution < 1.29 is 9.00 Å². The van der Waals surface area contributed by atoms with Crippen molar-refractivity contribution >= 4 is 34.1 Å². The Kier molecular flexibility index (Phi) is 4.68. The van der Waals surface area contributed by atoms with Gasteiger partial charge in [0.15, 0.2) is 0 Å². The van der Waals surface area contributed by atoms with Crippen molar-refractivity contribution in [1.29, 1.82) is 0 Å². The van der Waals surface area contributed by atoms with E-state index in [1.54, 1.807) is 35.4 Å². The molecule has 0 bridgehead atoms. The second-order valence-corrected chi connectivity index (χ2v) is 7.31. The molecule has 6 heteroatoms. The lowest BCUT2D eigenvalue weighted by molar-refractivity contribution is 0.206. The zero-order valence-corrected chi connectivity index (χ0v) is 14.3. The molecule has 0 aromatic heterocycles. The van der Waals surface area contributed by atoms with Crippen molar-refractivity contribution in [2.45, 2.75) is 17.9 Å². The summed E-state index contributed by atoms with van der Waals surface area (Å²) in [6.07, 6.45) is 2.43. The summed E-state index contributed by atoms with van der Waals surface area (Å²) in [5.74, 6) is 0. The first-order chi connectivity index (χ1) is 11.0. The smallest absolute Gasteiger partial charge is 0.320 e. The fourth-order valence-corrected chi connectivity index (χ4v) is 3.34. The van der Waals surface area contributed by atoms with Gasteiger partial charge in [-0.1, -0.05) is 17.7 Å². The number of carbonyl (C=O) groups excluding carboxylic acids is 1. The minimum absolute atomic E-state index is 0.129. The molecular weight excluding hydrogens is 332 g/mol. The number of anilines is 1. The van der Waals surface area contributed by atoms with Crippen LogP contribution in [0, 0.1) is 0 Å². The van der Waals surface area contributed by atoms with Gasteiger partial charge in [-0.05, 0) is 53.9 Å². The van der Waals surface area contributed by atoms with Gasteiger partial charge in [0, 0.05) is 45.8 Å². The number of rotatable bonds is 2. The van der Waals surface area contributed by atoms with E-state index < -0.39 is 10.8 Å². The molecule has 2 amide bonds. The molecule has 1 aliphatic rings. The van der Waals surface area contributed by atoms with Crippen LogP contribution in [0.2, 0.25) is 5.02 Å². The van der Waals surface area contributed by atoms with Gasteiger partial charge < -0.3 is 10.2 Å². The molecule has 0 radical (unpaired) electrons. The average molecular weight is 349 g/mol. The number of benzene rings is 2. The van der Waals surface area contributed by atoms with E-state index in [-0.39, 0.29) is 6.03 Å². The number of nitrogens with one attached hydrogen (secondary N) is 1. The van der Waals surface area contributed by atoms with E-state index >= 15 is 0 Å². The number of urea groups is 1. The molecule has 0 saturated carbocycles. The van der Waals surface area contributed by atoms with E-state index in [0.29, 0.717) is 18.8 Å². The van der Waals surface area contributed by atoms with Crippen molar-refractivity contribution in [2.75, 3.05) is 18.1 Å². The van der Waals surface area contributed by atoms with Crippen LogP contribution in [0.25, 0.3) is 0 Å². The maximum absolute atomic E-state index is 12.4. The highest BCUT2D eigenvalue weighted by Gasteiger charge is 2.20. The summed E-state index contributed by atoms with van der Waals surface area (Å²) < 4.78 is 11.4. The minimum Gasteiger partial charge on any atom is -0.320 e. The van der Waals surface area contributed by atoms with Gasteiger partial charge in [0.25, 0.3) is 0 Å². The zero-order valence-electron chi connectivity index (χ0n) is 12.7. The van der Waals surface area contributed by atoms with Gasteiger partial charge >= 0.3 is 6.03 Å². The summed E-state index contributed by atoms with van der Waals surface area (Å²) in [6.45, 7) is 1.24. The third kappa shape index (κ3) is 3.74. The fraction of sp³-hybridized carbons (Fsp3) is 0.235. The van der Waals surface area contributed by atoms with Crippen molar-refractivity contribution in [1.82, 2.24) is 4.90 Å². The van der Waals surface area contributed by atoms with Crippen LogP contribution in [0.4, 0.5) is 10.5 Å². The number of hydrogen-bond donors (Lipinski definition) is 1. The number of nitrogens with zero attached hydrogens (tertiary/aromatic N) is 1. The number of hydrogen-bond acceptors (Lipinski definition) is 2. The van der Waals surface area contributed by atoms with Crippen molar-refractivity contribution in [3.05, 3.63) is 58.6 Å². The second-order valence-electron chi connectivity index (χ2n) is 5.49. The minimum atomic E-state index is -1.01. The van der Waals surface area contributed by atoms with Crippen molar-refractivity contribution in [3.63, 3.8) is 0 Å². The second kappa shape index (κ2) is 6.72. The molecule has 2 aromatic rings. The van der Waals surface area contributed by atoms with E-state index in [1.165, 1.54) is 5.56 Å². The van der Waals surface area contributed by atoms with Gasteiger partial charge in [0.1, 0.15) is 0 Å². The summed E-state index contributed by atoms with van der Waals surface area (Å²) in [7, 11) is -1.01. The van der Waals surface area contributed by atoms with Gasteiger partial charge in [0.05, 0.1) is 0 Å². The molecule has 0 spiro atoms. The van der Waals surface area contributed by atoms with E-state index in [2.05, 4.69) is 5.32 Å². The van der Waals surface area contributed by atoms with Crippen LogP contribution in [0.3, 0.4) is 0 Å². The lowest BCUT2D eigenvalue weighted by Gasteiger charge is -2.29. The molecule has 3 rings (SSSR count). The molecule has 4 nitrogen and oxygen atoms in total. The normalized spacial score (nSPS) is 15.0. The molecule has 0 fully saturated rings. The molecule has 2 aromatic carbocycles. The third-order valence-electron chi connectivity index (χ3n) is 3.91. The van der Waals surface area contributed by atoms with E-state index in [4.69, 9.17) is 11.6 Å². The molecule has 120 valence electrons. The van der Waals surface area contributed by atoms with Crippen LogP contribution >= 0.6 is 11.6 Å². The summed E-state index contributed by atoms with van der Waals surface area (Å²) >= 11 is 6.00. The van der Waals surface area contributed by atoms with Crippen LogP contribution in [-0.2, 0) is 23.8 Å². The maximum atomic E-state index is 12.4. The Labute approximate surface area is 142 Å². The number of halogens is 1. The topological polar surface area (TPSA) is 49.4 Å². The van der Waals surface area contributed by atoms with E-state index in [1.807, 2.05) is 18.2 Å². The Morgan fingerprint density at radius 2 is 1.91 bits per heavy atom. The molecule has 1 heterocycles. The van der Waals surface area contributed by atoms with Crippen LogP contribution in [0.5, 0.6) is 0 Å². The van der Waals surface area contributed by atoms with Crippen LogP contribution < -0.4 is 5.32 Å².